The minimum Gasteiger partial charge on any atom is -0.381 e. The van der Waals surface area contributed by atoms with Gasteiger partial charge in [0.05, 0.1) is 10.7 Å². The largest absolute Gasteiger partial charge is 0.381 e. The molecule has 134 valence electrons. The first-order valence-corrected chi connectivity index (χ1v) is 8.68. The number of anilines is 2. The van der Waals surface area contributed by atoms with Gasteiger partial charge in [0.25, 0.3) is 0 Å². The number of primary amides is 1. The Labute approximate surface area is 153 Å². The summed E-state index contributed by atoms with van der Waals surface area (Å²) in [5.41, 5.74) is 6.23. The molecule has 0 heterocycles. The number of rotatable bonds is 5. The van der Waals surface area contributed by atoms with Gasteiger partial charge in [-0.05, 0) is 48.8 Å². The molecule has 1 aliphatic rings. The number of nitrogens with one attached hydrogen (secondary N) is 1. The average molecular weight is 362 g/mol. The molecule has 2 rings (SSSR count). The summed E-state index contributed by atoms with van der Waals surface area (Å²) in [5.74, 6) is 0.825. The van der Waals surface area contributed by atoms with E-state index in [0.29, 0.717) is 16.8 Å². The van der Waals surface area contributed by atoms with Gasteiger partial charge in [-0.2, -0.15) is 0 Å². The molecule has 0 aromatic heterocycles. The second-order valence-electron chi connectivity index (χ2n) is 7.43. The number of amides is 2. The van der Waals surface area contributed by atoms with Gasteiger partial charge in [-0.25, -0.2) is 0 Å². The zero-order valence-corrected chi connectivity index (χ0v) is 15.6. The molecule has 0 radical (unpaired) electrons. The first-order valence-electron chi connectivity index (χ1n) is 8.30. The molecule has 0 aliphatic heterocycles. The molecule has 1 atom stereocenters. The lowest BCUT2D eigenvalue weighted by molar-refractivity contribution is -0.124. The van der Waals surface area contributed by atoms with E-state index in [1.54, 1.807) is 18.2 Å². The van der Waals surface area contributed by atoms with Crippen LogP contribution in [0.3, 0.4) is 0 Å². The third-order valence-corrected chi connectivity index (χ3v) is 4.70. The van der Waals surface area contributed by atoms with Gasteiger partial charge in [0, 0.05) is 11.7 Å². The molecule has 5 nitrogen and oxygen atoms in total. The minimum absolute atomic E-state index is 0.430. The molecule has 1 fully saturated rings. The summed E-state index contributed by atoms with van der Waals surface area (Å²) in [7, 11) is 0. The summed E-state index contributed by atoms with van der Waals surface area (Å²) in [6.07, 6.45) is 8.76. The molecule has 1 saturated carbocycles. The van der Waals surface area contributed by atoms with E-state index in [-0.39, 0.29) is 0 Å². The predicted molar refractivity (Wildman–Crippen MR) is 101 cm³/mol. The van der Waals surface area contributed by atoms with E-state index < -0.39 is 23.3 Å². The molecular weight excluding hydrogens is 338 g/mol. The van der Waals surface area contributed by atoms with E-state index in [2.05, 4.69) is 11.2 Å². The van der Waals surface area contributed by atoms with Crippen molar-refractivity contribution in [3.63, 3.8) is 0 Å². The van der Waals surface area contributed by atoms with Crippen LogP contribution in [0.4, 0.5) is 11.4 Å². The number of hydrogen-bond donors (Lipinski definition) is 2. The van der Waals surface area contributed by atoms with Crippen molar-refractivity contribution >= 4 is 34.8 Å². The highest BCUT2D eigenvalue weighted by Gasteiger charge is 2.38. The number of halogens is 1. The number of terminal acetylenes is 1. The summed E-state index contributed by atoms with van der Waals surface area (Å²) in [6, 6.07) is 4.70. The van der Waals surface area contributed by atoms with Crippen LogP contribution in [0, 0.1) is 17.8 Å². The Morgan fingerprint density at radius 1 is 1.40 bits per heavy atom. The van der Waals surface area contributed by atoms with Crippen LogP contribution in [0.25, 0.3) is 0 Å². The Balaban J connectivity index is 2.41. The van der Waals surface area contributed by atoms with Crippen LogP contribution in [0.2, 0.25) is 5.02 Å². The third kappa shape index (κ3) is 4.26. The van der Waals surface area contributed by atoms with Gasteiger partial charge in [-0.3, -0.25) is 14.5 Å². The molecule has 0 bridgehead atoms. The average Bonchev–Trinajstić information content (AvgIpc) is 2.47. The van der Waals surface area contributed by atoms with Crippen LogP contribution < -0.4 is 16.0 Å². The number of carbonyl (C=O) groups is 2. The van der Waals surface area contributed by atoms with Crippen LogP contribution >= 0.6 is 11.6 Å². The van der Waals surface area contributed by atoms with E-state index >= 15 is 0 Å². The Hall–Kier alpha value is -2.19. The van der Waals surface area contributed by atoms with Gasteiger partial charge >= 0.3 is 5.91 Å². The van der Waals surface area contributed by atoms with Crippen LogP contribution in [0.5, 0.6) is 0 Å². The minimum atomic E-state index is -0.891. The Kier molecular flexibility index (Phi) is 5.64. The van der Waals surface area contributed by atoms with Crippen molar-refractivity contribution < 1.29 is 9.59 Å². The van der Waals surface area contributed by atoms with Crippen molar-refractivity contribution in [2.24, 2.45) is 11.1 Å². The molecule has 25 heavy (non-hydrogen) atoms. The van der Waals surface area contributed by atoms with E-state index in [9.17, 15) is 9.59 Å². The summed E-state index contributed by atoms with van der Waals surface area (Å²) in [4.78, 5) is 25.6. The first-order chi connectivity index (χ1) is 11.6. The maximum absolute atomic E-state index is 12.4. The number of carbonyl (C=O) groups excluding carboxylic acids is 2. The van der Waals surface area contributed by atoms with Crippen molar-refractivity contribution in [3.8, 4) is 12.3 Å². The molecule has 1 aromatic rings. The summed E-state index contributed by atoms with van der Waals surface area (Å²) < 4.78 is 0. The zero-order chi connectivity index (χ0) is 18.8. The van der Waals surface area contributed by atoms with Gasteiger partial charge < -0.3 is 11.1 Å². The summed E-state index contributed by atoms with van der Waals surface area (Å²) in [6.45, 7) is 5.48. The van der Waals surface area contributed by atoms with Gasteiger partial charge in [-0.1, -0.05) is 32.4 Å². The lowest BCUT2D eigenvalue weighted by Crippen LogP contribution is -2.54. The number of nitrogens with zero attached hydrogens (tertiary/aromatic N) is 1. The maximum Gasteiger partial charge on any atom is 0.303 e. The highest BCUT2D eigenvalue weighted by atomic mass is 35.5. The second-order valence-corrected chi connectivity index (χ2v) is 7.83. The fourth-order valence-corrected chi connectivity index (χ4v) is 3.17. The van der Waals surface area contributed by atoms with Crippen molar-refractivity contribution in [3.05, 3.63) is 23.2 Å². The molecule has 2 amide bonds. The van der Waals surface area contributed by atoms with E-state index in [1.807, 2.05) is 20.8 Å². The predicted octanol–water partition coefficient (Wildman–Crippen LogP) is 3.17. The SMILES string of the molecule is C#CC(=O)N(c1ccc(NC2CCC2)c(Cl)c1)C(C(N)=O)C(C)(C)C. The topological polar surface area (TPSA) is 75.4 Å². The lowest BCUT2D eigenvalue weighted by Gasteiger charge is -2.37. The molecular formula is C19H24ClN3O2. The number of benzene rings is 1. The highest BCUT2D eigenvalue weighted by molar-refractivity contribution is 6.33. The molecule has 1 aliphatic carbocycles. The monoisotopic (exact) mass is 361 g/mol. The van der Waals surface area contributed by atoms with Crippen molar-refractivity contribution in [2.75, 3.05) is 10.2 Å². The van der Waals surface area contributed by atoms with E-state index in [0.717, 1.165) is 18.5 Å². The van der Waals surface area contributed by atoms with Crippen molar-refractivity contribution in [2.45, 2.75) is 52.1 Å². The molecule has 0 spiro atoms. The third-order valence-electron chi connectivity index (χ3n) is 4.39. The molecule has 6 heteroatoms. The van der Waals surface area contributed by atoms with Gasteiger partial charge in [0.1, 0.15) is 6.04 Å². The van der Waals surface area contributed by atoms with Crippen LogP contribution in [0.15, 0.2) is 18.2 Å². The van der Waals surface area contributed by atoms with Crippen LogP contribution in [-0.4, -0.2) is 23.9 Å². The van der Waals surface area contributed by atoms with Crippen molar-refractivity contribution in [1.82, 2.24) is 0 Å². The first kappa shape index (κ1) is 19.1. The lowest BCUT2D eigenvalue weighted by atomic mass is 9.84. The standard InChI is InChI=1S/C19H24ClN3O2/c1-5-16(24)23(17(18(21)25)19(2,3)4)13-9-10-15(14(20)11-13)22-12-7-6-8-12/h1,9-12,17,22H,6-8H2,2-4H3,(H2,21,25). The highest BCUT2D eigenvalue weighted by Crippen LogP contribution is 2.34. The van der Waals surface area contributed by atoms with Crippen molar-refractivity contribution in [1.29, 1.82) is 0 Å². The molecule has 3 N–H and O–H groups in total. The molecule has 0 saturated heterocycles. The quantitative estimate of drug-likeness (QED) is 0.791. The van der Waals surface area contributed by atoms with Crippen LogP contribution in [-0.2, 0) is 9.59 Å². The van der Waals surface area contributed by atoms with Gasteiger partial charge in [0.2, 0.25) is 5.91 Å². The number of nitrogens with two attached hydrogens (primary N) is 1. The van der Waals surface area contributed by atoms with Gasteiger partial charge in [-0.15, -0.1) is 6.42 Å². The second kappa shape index (κ2) is 7.37. The normalized spacial score (nSPS) is 15.6. The van der Waals surface area contributed by atoms with Crippen LogP contribution in [0.1, 0.15) is 40.0 Å². The molecule has 1 unspecified atom stereocenters. The Bertz CT molecular complexity index is 714. The Morgan fingerprint density at radius 3 is 2.44 bits per heavy atom. The molecule has 1 aromatic carbocycles. The zero-order valence-electron chi connectivity index (χ0n) is 14.8. The summed E-state index contributed by atoms with van der Waals surface area (Å²) in [5, 5.41) is 3.84. The fraction of sp³-hybridized carbons (Fsp3) is 0.474. The van der Waals surface area contributed by atoms with E-state index in [4.69, 9.17) is 23.8 Å². The van der Waals surface area contributed by atoms with Gasteiger partial charge in [0.15, 0.2) is 0 Å². The smallest absolute Gasteiger partial charge is 0.303 e. The number of hydrogen-bond acceptors (Lipinski definition) is 3. The fourth-order valence-electron chi connectivity index (χ4n) is 2.94. The Morgan fingerprint density at radius 2 is 2.04 bits per heavy atom. The maximum atomic E-state index is 12.4. The van der Waals surface area contributed by atoms with E-state index in [1.165, 1.54) is 11.3 Å². The summed E-state index contributed by atoms with van der Waals surface area (Å²) >= 11 is 6.38.